The molecule has 1 unspecified atom stereocenters. The van der Waals surface area contributed by atoms with Crippen molar-refractivity contribution in [2.75, 3.05) is 6.54 Å². The Morgan fingerprint density at radius 1 is 1.31 bits per heavy atom. The van der Waals surface area contributed by atoms with Crippen molar-refractivity contribution in [1.82, 2.24) is 20.6 Å². The molecule has 1 atom stereocenters. The Bertz CT molecular complexity index is 805. The first-order chi connectivity index (χ1) is 12.3. The molecule has 1 amide bonds. The topological polar surface area (TPSA) is 87.1 Å². The minimum atomic E-state index is -4.54. The first-order valence-electron chi connectivity index (χ1n) is 8.07. The van der Waals surface area contributed by atoms with Crippen LogP contribution in [0.2, 0.25) is 0 Å². The molecule has 0 radical (unpaired) electrons. The highest BCUT2D eigenvalue weighted by atomic mass is 19.4. The summed E-state index contributed by atoms with van der Waals surface area (Å²) in [5.41, 5.74) is -0.0232. The fourth-order valence-corrected chi connectivity index (χ4v) is 2.78. The van der Waals surface area contributed by atoms with Gasteiger partial charge in [-0.15, -0.1) is 0 Å². The van der Waals surface area contributed by atoms with Gasteiger partial charge in [0, 0.05) is 5.56 Å². The molecule has 3 N–H and O–H groups in total. The molecule has 0 aliphatic carbocycles. The SMILES string of the molecule is O=C(NCc1cc(-c2ccc(C(F)(F)F)cc2O)ncn1)C1CCCN1. The van der Waals surface area contributed by atoms with E-state index in [1.807, 2.05) is 0 Å². The molecule has 1 fully saturated rings. The van der Waals surface area contributed by atoms with Crippen molar-refractivity contribution < 1.29 is 23.1 Å². The summed E-state index contributed by atoms with van der Waals surface area (Å²) < 4.78 is 38.1. The molecule has 6 nitrogen and oxygen atoms in total. The molecule has 0 spiro atoms. The molecular weight excluding hydrogens is 349 g/mol. The van der Waals surface area contributed by atoms with E-state index in [-0.39, 0.29) is 29.8 Å². The Morgan fingerprint density at radius 3 is 2.77 bits per heavy atom. The Morgan fingerprint density at radius 2 is 2.12 bits per heavy atom. The lowest BCUT2D eigenvalue weighted by atomic mass is 10.1. The lowest BCUT2D eigenvalue weighted by Crippen LogP contribution is -2.40. The summed E-state index contributed by atoms with van der Waals surface area (Å²) >= 11 is 0. The van der Waals surface area contributed by atoms with Crippen molar-refractivity contribution in [3.8, 4) is 17.0 Å². The number of nitrogens with one attached hydrogen (secondary N) is 2. The average Bonchev–Trinajstić information content (AvgIpc) is 3.14. The van der Waals surface area contributed by atoms with Crippen LogP contribution < -0.4 is 10.6 Å². The van der Waals surface area contributed by atoms with Gasteiger partial charge in [0.05, 0.1) is 29.5 Å². The number of amides is 1. The summed E-state index contributed by atoms with van der Waals surface area (Å²) in [7, 11) is 0. The number of nitrogens with zero attached hydrogens (tertiary/aromatic N) is 2. The second-order valence-corrected chi connectivity index (χ2v) is 5.99. The smallest absolute Gasteiger partial charge is 0.416 e. The molecule has 138 valence electrons. The summed E-state index contributed by atoms with van der Waals surface area (Å²) in [4.78, 5) is 20.0. The molecule has 1 aromatic carbocycles. The van der Waals surface area contributed by atoms with Crippen LogP contribution in [0.25, 0.3) is 11.3 Å². The van der Waals surface area contributed by atoms with E-state index < -0.39 is 17.5 Å². The number of carbonyl (C=O) groups excluding carboxylic acids is 1. The van der Waals surface area contributed by atoms with Gasteiger partial charge in [-0.3, -0.25) is 4.79 Å². The van der Waals surface area contributed by atoms with Gasteiger partial charge in [0.25, 0.3) is 0 Å². The van der Waals surface area contributed by atoms with E-state index in [4.69, 9.17) is 0 Å². The van der Waals surface area contributed by atoms with E-state index >= 15 is 0 Å². The molecule has 26 heavy (non-hydrogen) atoms. The fourth-order valence-electron chi connectivity index (χ4n) is 2.78. The van der Waals surface area contributed by atoms with Gasteiger partial charge in [0.2, 0.25) is 5.91 Å². The number of aromatic nitrogens is 2. The van der Waals surface area contributed by atoms with E-state index in [0.29, 0.717) is 11.8 Å². The minimum Gasteiger partial charge on any atom is -0.507 e. The zero-order valence-corrected chi connectivity index (χ0v) is 13.7. The normalized spacial score (nSPS) is 17.3. The summed E-state index contributed by atoms with van der Waals surface area (Å²) in [6, 6.07) is 4.00. The van der Waals surface area contributed by atoms with E-state index in [9.17, 15) is 23.1 Å². The Kier molecular flexibility index (Phi) is 5.08. The molecule has 2 heterocycles. The summed E-state index contributed by atoms with van der Waals surface area (Å²) in [5, 5.41) is 15.8. The van der Waals surface area contributed by atoms with Crippen LogP contribution in [0.15, 0.2) is 30.6 Å². The highest BCUT2D eigenvalue weighted by Gasteiger charge is 2.31. The molecule has 0 saturated carbocycles. The molecule has 2 aromatic rings. The number of carbonyl (C=O) groups is 1. The number of rotatable bonds is 4. The number of halogens is 3. The van der Waals surface area contributed by atoms with Crippen molar-refractivity contribution in [3.05, 3.63) is 41.9 Å². The number of phenolic OH excluding ortho intramolecular Hbond substituents is 1. The third-order valence-electron chi connectivity index (χ3n) is 4.15. The molecule has 3 rings (SSSR count). The molecule has 1 aromatic heterocycles. The zero-order valence-electron chi connectivity index (χ0n) is 13.7. The van der Waals surface area contributed by atoms with Gasteiger partial charge in [-0.25, -0.2) is 9.97 Å². The second kappa shape index (κ2) is 7.28. The first kappa shape index (κ1) is 18.1. The number of benzene rings is 1. The molecule has 1 saturated heterocycles. The quantitative estimate of drug-likeness (QED) is 0.773. The van der Waals surface area contributed by atoms with Crippen LogP contribution in [0.5, 0.6) is 5.75 Å². The summed E-state index contributed by atoms with van der Waals surface area (Å²) in [6.07, 6.45) is -1.57. The Labute approximate surface area is 147 Å². The third-order valence-corrected chi connectivity index (χ3v) is 4.15. The number of alkyl halides is 3. The van der Waals surface area contributed by atoms with Gasteiger partial charge in [0.15, 0.2) is 0 Å². The van der Waals surface area contributed by atoms with Crippen molar-refractivity contribution in [3.63, 3.8) is 0 Å². The largest absolute Gasteiger partial charge is 0.507 e. The zero-order chi connectivity index (χ0) is 18.7. The van der Waals surface area contributed by atoms with Crippen molar-refractivity contribution in [2.24, 2.45) is 0 Å². The van der Waals surface area contributed by atoms with Crippen LogP contribution in [-0.2, 0) is 17.5 Å². The predicted molar refractivity (Wildman–Crippen MR) is 87.0 cm³/mol. The maximum atomic E-state index is 12.7. The predicted octanol–water partition coefficient (Wildman–Crippen LogP) is 2.24. The average molecular weight is 366 g/mol. The number of aromatic hydroxyl groups is 1. The van der Waals surface area contributed by atoms with Gasteiger partial charge in [-0.05, 0) is 43.7 Å². The molecular formula is C17H17F3N4O2. The van der Waals surface area contributed by atoms with Crippen molar-refractivity contribution >= 4 is 5.91 Å². The van der Waals surface area contributed by atoms with E-state index in [0.717, 1.165) is 31.5 Å². The van der Waals surface area contributed by atoms with Crippen molar-refractivity contribution in [2.45, 2.75) is 31.6 Å². The van der Waals surface area contributed by atoms with Crippen LogP contribution in [0.3, 0.4) is 0 Å². The molecule has 9 heteroatoms. The highest BCUT2D eigenvalue weighted by Crippen LogP contribution is 2.35. The first-order valence-corrected chi connectivity index (χ1v) is 8.07. The fraction of sp³-hybridized carbons (Fsp3) is 0.353. The van der Waals surface area contributed by atoms with E-state index in [1.54, 1.807) is 0 Å². The van der Waals surface area contributed by atoms with Gasteiger partial charge >= 0.3 is 6.18 Å². The number of hydrogen-bond acceptors (Lipinski definition) is 5. The lowest BCUT2D eigenvalue weighted by Gasteiger charge is -2.12. The minimum absolute atomic E-state index is 0.125. The number of hydrogen-bond donors (Lipinski definition) is 3. The summed E-state index contributed by atoms with van der Waals surface area (Å²) in [6.45, 7) is 0.969. The number of phenols is 1. The van der Waals surface area contributed by atoms with E-state index in [2.05, 4.69) is 20.6 Å². The monoisotopic (exact) mass is 366 g/mol. The molecule has 1 aliphatic rings. The van der Waals surface area contributed by atoms with Gasteiger partial charge in [-0.2, -0.15) is 13.2 Å². The van der Waals surface area contributed by atoms with Crippen LogP contribution in [0.1, 0.15) is 24.1 Å². The van der Waals surface area contributed by atoms with Gasteiger partial charge in [-0.1, -0.05) is 0 Å². The second-order valence-electron chi connectivity index (χ2n) is 5.99. The van der Waals surface area contributed by atoms with Crippen LogP contribution in [0.4, 0.5) is 13.2 Å². The Hall–Kier alpha value is -2.68. The van der Waals surface area contributed by atoms with Crippen molar-refractivity contribution in [1.29, 1.82) is 0 Å². The third kappa shape index (κ3) is 4.10. The van der Waals surface area contributed by atoms with E-state index in [1.165, 1.54) is 12.4 Å². The Balaban J connectivity index is 1.74. The van der Waals surface area contributed by atoms with Gasteiger partial charge < -0.3 is 15.7 Å². The maximum Gasteiger partial charge on any atom is 0.416 e. The highest BCUT2D eigenvalue weighted by molar-refractivity contribution is 5.82. The molecule has 1 aliphatic heterocycles. The summed E-state index contributed by atoms with van der Waals surface area (Å²) in [5.74, 6) is -0.649. The molecule has 0 bridgehead atoms. The lowest BCUT2D eigenvalue weighted by molar-refractivity contribution is -0.137. The van der Waals surface area contributed by atoms with Crippen LogP contribution >= 0.6 is 0 Å². The van der Waals surface area contributed by atoms with Crippen LogP contribution in [-0.4, -0.2) is 33.6 Å². The maximum absolute atomic E-state index is 12.7. The standard InChI is InChI=1S/C17H17F3N4O2/c18-17(19,20)10-3-4-12(15(25)6-10)14-7-11(23-9-24-14)8-22-16(26)13-2-1-5-21-13/h3-4,6-7,9,13,21,25H,1-2,5,8H2,(H,22,26). The van der Waals surface area contributed by atoms with Gasteiger partial charge in [0.1, 0.15) is 12.1 Å². The van der Waals surface area contributed by atoms with Crippen LogP contribution in [0, 0.1) is 0 Å².